The van der Waals surface area contributed by atoms with Crippen molar-refractivity contribution in [2.24, 2.45) is 0 Å². The molecule has 1 unspecified atom stereocenters. The number of pyridine rings is 1. The van der Waals surface area contributed by atoms with E-state index in [4.69, 9.17) is 5.11 Å². The summed E-state index contributed by atoms with van der Waals surface area (Å²) in [6, 6.07) is 5.84. The van der Waals surface area contributed by atoms with Crippen LogP contribution >= 0.6 is 0 Å². The van der Waals surface area contributed by atoms with Crippen LogP contribution in [0.15, 0.2) is 24.4 Å². The Morgan fingerprint density at radius 3 is 2.78 bits per heavy atom. The molecule has 1 aliphatic heterocycles. The first-order valence-electron chi connectivity index (χ1n) is 9.10. The van der Waals surface area contributed by atoms with Crippen molar-refractivity contribution in [3.05, 3.63) is 35.8 Å². The van der Waals surface area contributed by atoms with Gasteiger partial charge in [-0.05, 0) is 38.3 Å². The van der Waals surface area contributed by atoms with Crippen LogP contribution in [-0.4, -0.2) is 37.8 Å². The summed E-state index contributed by atoms with van der Waals surface area (Å²) in [6.45, 7) is 2.32. The highest BCUT2D eigenvalue weighted by Gasteiger charge is 2.37. The number of aryl methyl sites for hydroxylation is 1. The van der Waals surface area contributed by atoms with E-state index >= 15 is 0 Å². The second kappa shape index (κ2) is 7.77. The van der Waals surface area contributed by atoms with Gasteiger partial charge in [-0.2, -0.15) is 0 Å². The van der Waals surface area contributed by atoms with Crippen molar-refractivity contribution < 1.29 is 19.5 Å². The number of aromatic nitrogens is 2. The topological polar surface area (TPSA) is 113 Å². The Morgan fingerprint density at radius 1 is 1.33 bits per heavy atom. The Bertz CT molecular complexity index is 876. The average molecular weight is 372 g/mol. The third-order valence-electron chi connectivity index (χ3n) is 5.10. The highest BCUT2D eigenvalue weighted by Crippen LogP contribution is 2.30. The molecule has 1 fully saturated rings. The van der Waals surface area contributed by atoms with Crippen molar-refractivity contribution in [2.75, 3.05) is 0 Å². The first-order chi connectivity index (χ1) is 12.9. The van der Waals surface area contributed by atoms with Gasteiger partial charge in [-0.25, -0.2) is 4.98 Å². The minimum absolute atomic E-state index is 0.0253. The summed E-state index contributed by atoms with van der Waals surface area (Å²) in [7, 11) is 0. The van der Waals surface area contributed by atoms with Crippen LogP contribution in [0, 0.1) is 6.92 Å². The van der Waals surface area contributed by atoms with Crippen LogP contribution in [0.25, 0.3) is 5.65 Å². The predicted octanol–water partition coefficient (Wildman–Crippen LogP) is 1.55. The maximum absolute atomic E-state index is 12.2. The van der Waals surface area contributed by atoms with Crippen LogP contribution in [0.1, 0.15) is 49.9 Å². The summed E-state index contributed by atoms with van der Waals surface area (Å²) in [4.78, 5) is 39.2. The first kappa shape index (κ1) is 18.9. The second-order valence-electron chi connectivity index (χ2n) is 7.13. The third-order valence-corrected chi connectivity index (χ3v) is 5.10. The Balaban J connectivity index is 1.53. The fourth-order valence-corrected chi connectivity index (χ4v) is 3.53. The summed E-state index contributed by atoms with van der Waals surface area (Å²) >= 11 is 0. The normalized spacial score (nSPS) is 19.2. The molecule has 0 aliphatic carbocycles. The van der Waals surface area contributed by atoms with E-state index in [1.165, 1.54) is 0 Å². The minimum atomic E-state index is -0.901. The van der Waals surface area contributed by atoms with E-state index in [1.54, 1.807) is 0 Å². The molecule has 1 saturated heterocycles. The third kappa shape index (κ3) is 4.64. The van der Waals surface area contributed by atoms with Crippen LogP contribution in [0.3, 0.4) is 0 Å². The molecular weight excluding hydrogens is 348 g/mol. The van der Waals surface area contributed by atoms with Crippen molar-refractivity contribution >= 4 is 23.4 Å². The van der Waals surface area contributed by atoms with Gasteiger partial charge < -0.3 is 20.1 Å². The number of fused-ring (bicyclic) bond motifs is 1. The molecule has 3 heterocycles. The number of amides is 2. The van der Waals surface area contributed by atoms with Gasteiger partial charge in [-0.15, -0.1) is 0 Å². The number of nitrogens with one attached hydrogen (secondary N) is 2. The highest BCUT2D eigenvalue weighted by molar-refractivity contribution is 5.80. The lowest BCUT2D eigenvalue weighted by atomic mass is 9.86. The number of rotatable bonds is 8. The van der Waals surface area contributed by atoms with Crippen molar-refractivity contribution in [1.29, 1.82) is 0 Å². The molecule has 3 rings (SSSR count). The number of hydrogen-bond acceptors (Lipinski definition) is 4. The molecule has 3 N–H and O–H groups in total. The number of carbonyl (C=O) groups excluding carboxylic acids is 2. The fourth-order valence-electron chi connectivity index (χ4n) is 3.53. The number of aliphatic carboxylic acids is 1. The van der Waals surface area contributed by atoms with Crippen LogP contribution in [0.5, 0.6) is 0 Å². The van der Waals surface area contributed by atoms with Gasteiger partial charge in [0.2, 0.25) is 11.8 Å². The molecule has 0 spiro atoms. The molecule has 2 aromatic rings. The van der Waals surface area contributed by atoms with Gasteiger partial charge in [0.1, 0.15) is 5.65 Å². The molecule has 144 valence electrons. The van der Waals surface area contributed by atoms with E-state index in [-0.39, 0.29) is 24.7 Å². The maximum atomic E-state index is 12.2. The standard InChI is InChI=1S/C19H24N4O4/c1-13-3-2-4-15-21-14(12-23(13)15)11-20-16(24)5-8-19(10-7-18(26)27)9-6-17(25)22-19/h2-4,12H,5-11H2,1H3,(H,20,24)(H,22,25)(H,26,27). The van der Waals surface area contributed by atoms with Crippen LogP contribution in [0.4, 0.5) is 0 Å². The van der Waals surface area contributed by atoms with Crippen molar-refractivity contribution in [1.82, 2.24) is 20.0 Å². The Hall–Kier alpha value is -2.90. The van der Waals surface area contributed by atoms with E-state index in [0.29, 0.717) is 32.2 Å². The summed E-state index contributed by atoms with van der Waals surface area (Å²) in [5.41, 5.74) is 2.08. The van der Waals surface area contributed by atoms with Crippen LogP contribution in [-0.2, 0) is 20.9 Å². The lowest BCUT2D eigenvalue weighted by Gasteiger charge is -2.28. The zero-order valence-corrected chi connectivity index (χ0v) is 15.3. The van der Waals surface area contributed by atoms with E-state index in [9.17, 15) is 14.4 Å². The molecule has 8 nitrogen and oxygen atoms in total. The molecule has 1 aliphatic rings. The number of carbonyl (C=O) groups is 3. The second-order valence-corrected chi connectivity index (χ2v) is 7.13. The lowest BCUT2D eigenvalue weighted by molar-refractivity contribution is -0.137. The van der Waals surface area contributed by atoms with Crippen molar-refractivity contribution in [2.45, 2.75) is 57.5 Å². The number of nitrogens with zero attached hydrogens (tertiary/aromatic N) is 2. The molecule has 0 bridgehead atoms. The summed E-state index contributed by atoms with van der Waals surface area (Å²) in [6.07, 6.45) is 3.82. The van der Waals surface area contributed by atoms with Gasteiger partial charge in [-0.3, -0.25) is 14.4 Å². The van der Waals surface area contributed by atoms with E-state index in [2.05, 4.69) is 15.6 Å². The highest BCUT2D eigenvalue weighted by atomic mass is 16.4. The van der Waals surface area contributed by atoms with Crippen molar-refractivity contribution in [3.8, 4) is 0 Å². The van der Waals surface area contributed by atoms with Gasteiger partial charge in [-0.1, -0.05) is 6.07 Å². The molecular formula is C19H24N4O4. The van der Waals surface area contributed by atoms with Gasteiger partial charge in [0.25, 0.3) is 0 Å². The first-order valence-corrected chi connectivity index (χ1v) is 9.10. The molecule has 2 aromatic heterocycles. The summed E-state index contributed by atoms with van der Waals surface area (Å²) < 4.78 is 1.97. The predicted molar refractivity (Wildman–Crippen MR) is 98.0 cm³/mol. The SMILES string of the molecule is Cc1cccc2nc(CNC(=O)CCC3(CCC(=O)O)CCC(=O)N3)cn12. The van der Waals surface area contributed by atoms with E-state index in [0.717, 1.165) is 17.0 Å². The number of hydrogen-bond donors (Lipinski definition) is 3. The monoisotopic (exact) mass is 372 g/mol. The zero-order valence-electron chi connectivity index (χ0n) is 15.3. The molecule has 8 heteroatoms. The van der Waals surface area contributed by atoms with Crippen LogP contribution < -0.4 is 10.6 Å². The molecule has 2 amide bonds. The molecule has 0 saturated carbocycles. The van der Waals surface area contributed by atoms with Gasteiger partial charge in [0.05, 0.1) is 12.2 Å². The maximum Gasteiger partial charge on any atom is 0.303 e. The Kier molecular flexibility index (Phi) is 5.43. The fraction of sp³-hybridized carbons (Fsp3) is 0.474. The summed E-state index contributed by atoms with van der Waals surface area (Å²) in [5, 5.41) is 14.7. The smallest absolute Gasteiger partial charge is 0.303 e. The summed E-state index contributed by atoms with van der Waals surface area (Å²) in [5.74, 6) is -1.12. The van der Waals surface area contributed by atoms with E-state index < -0.39 is 11.5 Å². The molecule has 0 radical (unpaired) electrons. The minimum Gasteiger partial charge on any atom is -0.481 e. The molecule has 0 aromatic carbocycles. The largest absolute Gasteiger partial charge is 0.481 e. The van der Waals surface area contributed by atoms with Gasteiger partial charge >= 0.3 is 5.97 Å². The molecule has 27 heavy (non-hydrogen) atoms. The Morgan fingerprint density at radius 2 is 2.11 bits per heavy atom. The van der Waals surface area contributed by atoms with Gasteiger partial charge in [0.15, 0.2) is 0 Å². The van der Waals surface area contributed by atoms with E-state index in [1.807, 2.05) is 35.7 Å². The number of carboxylic acid groups (broad SMARTS) is 1. The quantitative estimate of drug-likeness (QED) is 0.651. The Labute approximate surface area is 157 Å². The van der Waals surface area contributed by atoms with Crippen LogP contribution in [0.2, 0.25) is 0 Å². The average Bonchev–Trinajstić information content (AvgIpc) is 3.21. The number of carboxylic acids is 1. The zero-order chi connectivity index (χ0) is 19.4. The molecule has 1 atom stereocenters. The van der Waals surface area contributed by atoms with Gasteiger partial charge in [0, 0.05) is 36.7 Å². The van der Waals surface area contributed by atoms with Crippen molar-refractivity contribution in [3.63, 3.8) is 0 Å². The number of imidazole rings is 1. The lowest BCUT2D eigenvalue weighted by Crippen LogP contribution is -2.43.